The number of alkyl halides is 1. The Bertz CT molecular complexity index is 360. The highest BCUT2D eigenvalue weighted by Crippen LogP contribution is 2.25. The van der Waals surface area contributed by atoms with Gasteiger partial charge < -0.3 is 4.74 Å². The van der Waals surface area contributed by atoms with Crippen molar-refractivity contribution in [2.75, 3.05) is 12.5 Å². The molecule has 0 N–H and O–H groups in total. The lowest BCUT2D eigenvalue weighted by Crippen LogP contribution is -2.08. The molecule has 0 bridgehead atoms. The zero-order valence-corrected chi connectivity index (χ0v) is 10.8. The van der Waals surface area contributed by atoms with Gasteiger partial charge in [-0.1, -0.05) is 6.92 Å². The van der Waals surface area contributed by atoms with Gasteiger partial charge in [0.1, 0.15) is 5.03 Å². The second-order valence-corrected chi connectivity index (χ2v) is 4.90. The van der Waals surface area contributed by atoms with Gasteiger partial charge in [0.2, 0.25) is 0 Å². The molecule has 0 aliphatic rings. The molecule has 0 fully saturated rings. The molecule has 1 unspecified atom stereocenters. The van der Waals surface area contributed by atoms with E-state index in [0.717, 1.165) is 0 Å². The van der Waals surface area contributed by atoms with Gasteiger partial charge in [0.05, 0.1) is 12.2 Å². The second-order valence-electron chi connectivity index (χ2n) is 3.16. The summed E-state index contributed by atoms with van der Waals surface area (Å²) in [5.74, 6) is 0.184. The van der Waals surface area contributed by atoms with E-state index in [1.807, 2.05) is 6.92 Å². The molecule has 0 spiro atoms. The Morgan fingerprint density at radius 2 is 2.44 bits per heavy atom. The Balaban J connectivity index is 2.87. The van der Waals surface area contributed by atoms with Gasteiger partial charge in [0.15, 0.2) is 0 Å². The molecule has 0 aliphatic carbocycles. The zero-order valence-electron chi connectivity index (χ0n) is 9.27. The molecule has 0 amide bonds. The van der Waals surface area contributed by atoms with Crippen LogP contribution < -0.4 is 0 Å². The summed E-state index contributed by atoms with van der Waals surface area (Å²) in [7, 11) is 0. The van der Waals surface area contributed by atoms with Gasteiger partial charge in [-0.15, -0.1) is 23.4 Å². The Labute approximate surface area is 105 Å². The van der Waals surface area contributed by atoms with Crippen LogP contribution in [0.15, 0.2) is 23.4 Å². The predicted octanol–water partition coefficient (Wildman–Crippen LogP) is 2.98. The highest BCUT2D eigenvalue weighted by Gasteiger charge is 2.15. The van der Waals surface area contributed by atoms with Gasteiger partial charge >= 0.3 is 5.97 Å². The average molecular weight is 260 g/mol. The quantitative estimate of drug-likeness (QED) is 0.463. The monoisotopic (exact) mass is 259 g/mol. The molecule has 0 aliphatic heterocycles. The molecule has 0 saturated heterocycles. The van der Waals surface area contributed by atoms with E-state index in [1.165, 1.54) is 11.8 Å². The van der Waals surface area contributed by atoms with Crippen LogP contribution in [0.25, 0.3) is 0 Å². The lowest BCUT2D eigenvalue weighted by molar-refractivity contribution is 0.0521. The molecule has 3 nitrogen and oxygen atoms in total. The lowest BCUT2D eigenvalue weighted by atomic mass is 10.3. The van der Waals surface area contributed by atoms with Crippen molar-refractivity contribution >= 4 is 29.3 Å². The van der Waals surface area contributed by atoms with E-state index in [-0.39, 0.29) is 11.2 Å². The molecule has 0 radical (unpaired) electrons. The summed E-state index contributed by atoms with van der Waals surface area (Å²) < 4.78 is 4.96. The number of pyridine rings is 1. The number of halogens is 1. The fraction of sp³-hybridized carbons (Fsp3) is 0.455. The largest absolute Gasteiger partial charge is 0.462 e. The summed E-state index contributed by atoms with van der Waals surface area (Å²) >= 11 is 7.21. The SMILES string of the molecule is CCOC(=O)c1cccnc1SC(C)CCl. The molecule has 0 aromatic carbocycles. The van der Waals surface area contributed by atoms with E-state index in [9.17, 15) is 4.79 Å². The number of thioether (sulfide) groups is 1. The fourth-order valence-electron chi connectivity index (χ4n) is 1.07. The maximum absolute atomic E-state index is 11.6. The standard InChI is InChI=1S/C11H14ClNO2S/c1-3-15-11(14)9-5-4-6-13-10(9)16-8(2)7-12/h4-6,8H,3,7H2,1-2H3. The van der Waals surface area contributed by atoms with Gasteiger partial charge in [-0.3, -0.25) is 0 Å². The molecule has 16 heavy (non-hydrogen) atoms. The van der Waals surface area contributed by atoms with Crippen molar-refractivity contribution in [2.45, 2.75) is 24.1 Å². The average Bonchev–Trinajstić information content (AvgIpc) is 2.30. The minimum Gasteiger partial charge on any atom is -0.462 e. The minimum atomic E-state index is -0.333. The Hall–Kier alpha value is -0.740. The van der Waals surface area contributed by atoms with Gasteiger partial charge in [-0.25, -0.2) is 9.78 Å². The van der Waals surface area contributed by atoms with Crippen LogP contribution in [-0.2, 0) is 4.74 Å². The number of esters is 1. The molecule has 5 heteroatoms. The van der Waals surface area contributed by atoms with Crippen molar-refractivity contribution in [2.24, 2.45) is 0 Å². The van der Waals surface area contributed by atoms with Crippen LogP contribution >= 0.6 is 23.4 Å². The Morgan fingerprint density at radius 1 is 1.69 bits per heavy atom. The number of ether oxygens (including phenoxy) is 1. The van der Waals surface area contributed by atoms with Crippen LogP contribution in [0.2, 0.25) is 0 Å². The maximum atomic E-state index is 11.6. The molecule has 88 valence electrons. The third kappa shape index (κ3) is 3.68. The van der Waals surface area contributed by atoms with E-state index >= 15 is 0 Å². The number of hydrogen-bond acceptors (Lipinski definition) is 4. The second kappa shape index (κ2) is 6.76. The minimum absolute atomic E-state index is 0.213. The van der Waals surface area contributed by atoms with E-state index in [0.29, 0.717) is 23.1 Å². The van der Waals surface area contributed by atoms with Crippen LogP contribution in [0, 0.1) is 0 Å². The van der Waals surface area contributed by atoms with Crippen LogP contribution in [0.1, 0.15) is 24.2 Å². The highest BCUT2D eigenvalue weighted by atomic mass is 35.5. The highest BCUT2D eigenvalue weighted by molar-refractivity contribution is 8.00. The Morgan fingerprint density at radius 3 is 3.06 bits per heavy atom. The van der Waals surface area contributed by atoms with Crippen molar-refractivity contribution < 1.29 is 9.53 Å². The summed E-state index contributed by atoms with van der Waals surface area (Å²) in [5, 5.41) is 0.888. The van der Waals surface area contributed by atoms with E-state index < -0.39 is 0 Å². The first-order valence-electron chi connectivity index (χ1n) is 5.03. The van der Waals surface area contributed by atoms with Gasteiger partial charge in [0.25, 0.3) is 0 Å². The first-order chi connectivity index (χ1) is 7.69. The number of carbonyl (C=O) groups excluding carboxylic acids is 1. The summed E-state index contributed by atoms with van der Waals surface area (Å²) in [6, 6.07) is 3.44. The number of aromatic nitrogens is 1. The van der Waals surface area contributed by atoms with Crippen molar-refractivity contribution in [1.82, 2.24) is 4.98 Å². The lowest BCUT2D eigenvalue weighted by Gasteiger charge is -2.10. The van der Waals surface area contributed by atoms with Gasteiger partial charge in [-0.05, 0) is 19.1 Å². The van der Waals surface area contributed by atoms with Gasteiger partial charge in [-0.2, -0.15) is 0 Å². The normalized spacial score (nSPS) is 12.2. The third-order valence-electron chi connectivity index (χ3n) is 1.80. The summed E-state index contributed by atoms with van der Waals surface area (Å²) in [6.45, 7) is 4.13. The number of nitrogens with zero attached hydrogens (tertiary/aromatic N) is 1. The molecule has 1 aromatic heterocycles. The number of carbonyl (C=O) groups is 1. The van der Waals surface area contributed by atoms with Crippen molar-refractivity contribution in [1.29, 1.82) is 0 Å². The smallest absolute Gasteiger partial charge is 0.340 e. The van der Waals surface area contributed by atoms with E-state index in [4.69, 9.17) is 16.3 Å². The molecule has 1 aromatic rings. The van der Waals surface area contributed by atoms with Crippen molar-refractivity contribution in [3.05, 3.63) is 23.9 Å². The fourth-order valence-corrected chi connectivity index (χ4v) is 2.10. The number of rotatable bonds is 5. The van der Waals surface area contributed by atoms with Crippen LogP contribution in [-0.4, -0.2) is 28.7 Å². The topological polar surface area (TPSA) is 39.2 Å². The maximum Gasteiger partial charge on any atom is 0.340 e. The summed E-state index contributed by atoms with van der Waals surface area (Å²) in [5.41, 5.74) is 0.506. The summed E-state index contributed by atoms with van der Waals surface area (Å²) in [6.07, 6.45) is 1.66. The number of hydrogen-bond donors (Lipinski definition) is 0. The van der Waals surface area contributed by atoms with Crippen LogP contribution in [0.3, 0.4) is 0 Å². The molecule has 1 atom stereocenters. The molecular weight excluding hydrogens is 246 g/mol. The molecular formula is C11H14ClNO2S. The van der Waals surface area contributed by atoms with Crippen molar-refractivity contribution in [3.63, 3.8) is 0 Å². The zero-order chi connectivity index (χ0) is 12.0. The van der Waals surface area contributed by atoms with Crippen LogP contribution in [0.5, 0.6) is 0 Å². The van der Waals surface area contributed by atoms with E-state index in [2.05, 4.69) is 4.98 Å². The van der Waals surface area contributed by atoms with Crippen molar-refractivity contribution in [3.8, 4) is 0 Å². The third-order valence-corrected chi connectivity index (χ3v) is 3.56. The predicted molar refractivity (Wildman–Crippen MR) is 66.2 cm³/mol. The molecule has 0 saturated carbocycles. The Kier molecular flexibility index (Phi) is 5.63. The first-order valence-corrected chi connectivity index (χ1v) is 6.45. The van der Waals surface area contributed by atoms with Gasteiger partial charge in [0, 0.05) is 17.3 Å². The molecule has 1 rings (SSSR count). The van der Waals surface area contributed by atoms with Crippen LogP contribution in [0.4, 0.5) is 0 Å². The molecule has 1 heterocycles. The van der Waals surface area contributed by atoms with E-state index in [1.54, 1.807) is 25.3 Å². The first kappa shape index (κ1) is 13.3. The summed E-state index contributed by atoms with van der Waals surface area (Å²) in [4.78, 5) is 15.8.